The molecule has 0 spiro atoms. The smallest absolute Gasteiger partial charge is 0.127 e. The Morgan fingerprint density at radius 3 is 2.88 bits per heavy atom. The molecule has 0 unspecified atom stereocenters. The van der Waals surface area contributed by atoms with Crippen molar-refractivity contribution in [1.82, 2.24) is 5.32 Å². The minimum atomic E-state index is -0.161. The average Bonchev–Trinajstić information content (AvgIpc) is 2.76. The molecule has 3 atom stereocenters. The molecule has 0 bridgehead atoms. The van der Waals surface area contributed by atoms with Gasteiger partial charge in [0.15, 0.2) is 0 Å². The van der Waals surface area contributed by atoms with Crippen LogP contribution in [-0.4, -0.2) is 17.8 Å². The number of hydrogen-bond acceptors (Lipinski definition) is 2. The average molecular weight is 237 g/mol. The zero-order valence-corrected chi connectivity index (χ0v) is 10.2. The molecule has 1 aliphatic carbocycles. The van der Waals surface area contributed by atoms with Gasteiger partial charge in [-0.05, 0) is 31.7 Å². The highest BCUT2D eigenvalue weighted by Gasteiger charge is 2.28. The fourth-order valence-electron chi connectivity index (χ4n) is 2.71. The van der Waals surface area contributed by atoms with Crippen molar-refractivity contribution in [2.45, 2.75) is 38.3 Å². The normalized spacial score (nSPS) is 26.1. The van der Waals surface area contributed by atoms with E-state index in [1.807, 2.05) is 19.1 Å². The summed E-state index contributed by atoms with van der Waals surface area (Å²) in [5.74, 6) is 0.162. The largest absolute Gasteiger partial charge is 0.396 e. The van der Waals surface area contributed by atoms with Gasteiger partial charge in [0.2, 0.25) is 0 Å². The fourth-order valence-corrected chi connectivity index (χ4v) is 2.71. The molecule has 94 valence electrons. The van der Waals surface area contributed by atoms with Gasteiger partial charge in [0, 0.05) is 24.3 Å². The van der Waals surface area contributed by atoms with Crippen LogP contribution in [0.25, 0.3) is 0 Å². The first-order valence-corrected chi connectivity index (χ1v) is 6.33. The third-order valence-electron chi connectivity index (χ3n) is 3.73. The van der Waals surface area contributed by atoms with Crippen molar-refractivity contribution in [1.29, 1.82) is 0 Å². The molecule has 0 saturated heterocycles. The highest BCUT2D eigenvalue weighted by Crippen LogP contribution is 2.28. The molecule has 0 aromatic heterocycles. The molecular formula is C14H20FNO. The summed E-state index contributed by atoms with van der Waals surface area (Å²) in [4.78, 5) is 0. The molecule has 0 radical (unpaired) electrons. The van der Waals surface area contributed by atoms with E-state index in [0.717, 1.165) is 19.3 Å². The first kappa shape index (κ1) is 12.5. The van der Waals surface area contributed by atoms with Crippen LogP contribution in [0.4, 0.5) is 4.39 Å². The topological polar surface area (TPSA) is 32.3 Å². The van der Waals surface area contributed by atoms with E-state index in [9.17, 15) is 9.50 Å². The van der Waals surface area contributed by atoms with Crippen molar-refractivity contribution in [2.75, 3.05) is 6.61 Å². The zero-order valence-electron chi connectivity index (χ0n) is 10.2. The lowest BCUT2D eigenvalue weighted by molar-refractivity contribution is 0.200. The third kappa shape index (κ3) is 2.85. The molecule has 2 N–H and O–H groups in total. The Morgan fingerprint density at radius 1 is 1.41 bits per heavy atom. The number of halogens is 1. The van der Waals surface area contributed by atoms with Crippen LogP contribution in [0.3, 0.4) is 0 Å². The number of benzene rings is 1. The first-order chi connectivity index (χ1) is 8.22. The summed E-state index contributed by atoms with van der Waals surface area (Å²) in [6.07, 6.45) is 3.29. The summed E-state index contributed by atoms with van der Waals surface area (Å²) in [5, 5.41) is 12.7. The Balaban J connectivity index is 2.01. The highest BCUT2D eigenvalue weighted by molar-refractivity contribution is 5.20. The molecule has 0 heterocycles. The third-order valence-corrected chi connectivity index (χ3v) is 3.73. The molecule has 1 saturated carbocycles. The van der Waals surface area contributed by atoms with Crippen LogP contribution < -0.4 is 5.32 Å². The minimum Gasteiger partial charge on any atom is -0.396 e. The summed E-state index contributed by atoms with van der Waals surface area (Å²) in [6, 6.07) is 7.18. The molecule has 0 amide bonds. The van der Waals surface area contributed by atoms with Crippen molar-refractivity contribution in [2.24, 2.45) is 5.92 Å². The fraction of sp³-hybridized carbons (Fsp3) is 0.571. The Labute approximate surface area is 102 Å². The summed E-state index contributed by atoms with van der Waals surface area (Å²) < 4.78 is 13.6. The van der Waals surface area contributed by atoms with Crippen LogP contribution in [0.5, 0.6) is 0 Å². The molecule has 1 fully saturated rings. The van der Waals surface area contributed by atoms with Crippen LogP contribution in [0, 0.1) is 11.7 Å². The monoisotopic (exact) mass is 237 g/mol. The standard InChI is InChI=1S/C14H20FNO/c1-10(12-6-2-3-7-13(12)15)16-14-8-4-5-11(14)9-17/h2-3,6-7,10-11,14,16-17H,4-5,8-9H2,1H3/t10-,11-,14+/m0/s1. The number of rotatable bonds is 4. The van der Waals surface area contributed by atoms with Crippen LogP contribution in [-0.2, 0) is 0 Å². The van der Waals surface area contributed by atoms with Gasteiger partial charge in [-0.2, -0.15) is 0 Å². The minimum absolute atomic E-state index is 0.00616. The zero-order chi connectivity index (χ0) is 12.3. The molecule has 1 aromatic carbocycles. The van der Waals surface area contributed by atoms with E-state index in [1.54, 1.807) is 6.07 Å². The molecule has 3 heteroatoms. The van der Waals surface area contributed by atoms with Crippen molar-refractivity contribution in [3.8, 4) is 0 Å². The lowest BCUT2D eigenvalue weighted by atomic mass is 10.0. The van der Waals surface area contributed by atoms with E-state index >= 15 is 0 Å². The second-order valence-corrected chi connectivity index (χ2v) is 4.89. The van der Waals surface area contributed by atoms with E-state index < -0.39 is 0 Å². The number of nitrogens with one attached hydrogen (secondary N) is 1. The lowest BCUT2D eigenvalue weighted by Gasteiger charge is -2.24. The van der Waals surface area contributed by atoms with E-state index in [4.69, 9.17) is 0 Å². The van der Waals surface area contributed by atoms with Crippen molar-refractivity contribution < 1.29 is 9.50 Å². The highest BCUT2D eigenvalue weighted by atomic mass is 19.1. The molecule has 1 aromatic rings. The van der Waals surface area contributed by atoms with Gasteiger partial charge in [-0.15, -0.1) is 0 Å². The SMILES string of the molecule is C[C@H](N[C@@H]1CCC[C@H]1CO)c1ccccc1F. The van der Waals surface area contributed by atoms with Crippen LogP contribution in [0.15, 0.2) is 24.3 Å². The van der Waals surface area contributed by atoms with E-state index in [1.165, 1.54) is 6.07 Å². The quantitative estimate of drug-likeness (QED) is 0.843. The van der Waals surface area contributed by atoms with Gasteiger partial charge in [0.1, 0.15) is 5.82 Å². The maximum atomic E-state index is 13.6. The van der Waals surface area contributed by atoms with Crippen LogP contribution in [0.2, 0.25) is 0 Å². The molecule has 2 nitrogen and oxygen atoms in total. The summed E-state index contributed by atoms with van der Waals surface area (Å²) >= 11 is 0. The van der Waals surface area contributed by atoms with Gasteiger partial charge in [-0.3, -0.25) is 0 Å². The van der Waals surface area contributed by atoms with E-state index in [-0.39, 0.29) is 18.5 Å². The maximum absolute atomic E-state index is 13.6. The van der Waals surface area contributed by atoms with Crippen molar-refractivity contribution in [3.05, 3.63) is 35.6 Å². The van der Waals surface area contributed by atoms with Gasteiger partial charge >= 0.3 is 0 Å². The van der Waals surface area contributed by atoms with Gasteiger partial charge in [0.05, 0.1) is 0 Å². The second-order valence-electron chi connectivity index (χ2n) is 4.89. The molecule has 2 rings (SSSR count). The van der Waals surface area contributed by atoms with Gasteiger partial charge in [-0.1, -0.05) is 24.6 Å². The predicted molar refractivity (Wildman–Crippen MR) is 66.2 cm³/mol. The predicted octanol–water partition coefficient (Wildman–Crippen LogP) is 2.64. The number of aliphatic hydroxyl groups is 1. The van der Waals surface area contributed by atoms with E-state index in [2.05, 4.69) is 5.32 Å². The van der Waals surface area contributed by atoms with Gasteiger partial charge in [-0.25, -0.2) is 4.39 Å². The van der Waals surface area contributed by atoms with Crippen LogP contribution >= 0.6 is 0 Å². The van der Waals surface area contributed by atoms with E-state index in [0.29, 0.717) is 17.5 Å². The molecule has 17 heavy (non-hydrogen) atoms. The molecule has 0 aliphatic heterocycles. The lowest BCUT2D eigenvalue weighted by Crippen LogP contribution is -2.36. The molecular weight excluding hydrogens is 217 g/mol. The van der Waals surface area contributed by atoms with Crippen molar-refractivity contribution in [3.63, 3.8) is 0 Å². The number of aliphatic hydroxyl groups excluding tert-OH is 1. The van der Waals surface area contributed by atoms with Crippen molar-refractivity contribution >= 4 is 0 Å². The Morgan fingerprint density at radius 2 is 2.18 bits per heavy atom. The first-order valence-electron chi connectivity index (χ1n) is 6.33. The molecule has 1 aliphatic rings. The van der Waals surface area contributed by atoms with Gasteiger partial charge < -0.3 is 10.4 Å². The van der Waals surface area contributed by atoms with Gasteiger partial charge in [0.25, 0.3) is 0 Å². The Bertz CT molecular complexity index is 369. The second kappa shape index (κ2) is 5.61. The Hall–Kier alpha value is -0.930. The summed E-state index contributed by atoms with van der Waals surface area (Å²) in [5.41, 5.74) is 0.705. The summed E-state index contributed by atoms with van der Waals surface area (Å²) in [7, 11) is 0. The van der Waals surface area contributed by atoms with Crippen LogP contribution in [0.1, 0.15) is 37.8 Å². The Kier molecular flexibility index (Phi) is 4.13. The summed E-state index contributed by atoms with van der Waals surface area (Å²) in [6.45, 7) is 2.20. The number of hydrogen-bond donors (Lipinski definition) is 2. The maximum Gasteiger partial charge on any atom is 0.127 e.